The fraction of sp³-hybridized carbons (Fsp3) is 0.583. The first-order chi connectivity index (χ1) is 9.09. The Hall–Kier alpha value is -1.89. The predicted molar refractivity (Wildman–Crippen MR) is 69.6 cm³/mol. The Kier molecular flexibility index (Phi) is 4.16. The number of carbonyl (C=O) groups is 2. The van der Waals surface area contributed by atoms with Crippen LogP contribution in [0, 0.1) is 0 Å². The molecule has 1 saturated heterocycles. The molecule has 1 fully saturated rings. The van der Waals surface area contributed by atoms with Gasteiger partial charge in [0.05, 0.1) is 6.33 Å². The first-order valence-corrected chi connectivity index (χ1v) is 6.46. The van der Waals surface area contributed by atoms with Gasteiger partial charge < -0.3 is 20.9 Å². The van der Waals surface area contributed by atoms with Crippen molar-refractivity contribution in [1.29, 1.82) is 0 Å². The third-order valence-corrected chi connectivity index (χ3v) is 3.41. The van der Waals surface area contributed by atoms with Crippen LogP contribution in [-0.2, 0) is 6.54 Å². The molecule has 1 aliphatic heterocycles. The quantitative estimate of drug-likeness (QED) is 0.753. The molecule has 19 heavy (non-hydrogen) atoms. The summed E-state index contributed by atoms with van der Waals surface area (Å²) in [6, 6.07) is 0. The van der Waals surface area contributed by atoms with Gasteiger partial charge in [0.2, 0.25) is 0 Å². The molecule has 0 bridgehead atoms. The molecule has 1 aromatic rings. The minimum absolute atomic E-state index is 0.0499. The summed E-state index contributed by atoms with van der Waals surface area (Å²) < 4.78 is 1.61. The van der Waals surface area contributed by atoms with E-state index in [4.69, 9.17) is 11.5 Å². The second kappa shape index (κ2) is 5.83. The van der Waals surface area contributed by atoms with Gasteiger partial charge in [-0.1, -0.05) is 6.42 Å². The van der Waals surface area contributed by atoms with Crippen LogP contribution in [0.2, 0.25) is 0 Å². The number of imidazole rings is 1. The number of hydrogen-bond donors (Lipinski definition) is 2. The van der Waals surface area contributed by atoms with Crippen molar-refractivity contribution in [3.05, 3.63) is 17.7 Å². The van der Waals surface area contributed by atoms with Gasteiger partial charge in [-0.05, 0) is 25.9 Å². The number of hydrogen-bond acceptors (Lipinski definition) is 4. The van der Waals surface area contributed by atoms with Crippen LogP contribution in [-0.4, -0.2) is 45.9 Å². The minimum atomic E-state index is -0.731. The maximum absolute atomic E-state index is 11.4. The monoisotopic (exact) mass is 265 g/mol. The van der Waals surface area contributed by atoms with E-state index in [1.807, 2.05) is 0 Å². The van der Waals surface area contributed by atoms with Crippen LogP contribution in [0.25, 0.3) is 0 Å². The lowest BCUT2D eigenvalue weighted by atomic mass is 10.1. The van der Waals surface area contributed by atoms with Gasteiger partial charge in [-0.2, -0.15) is 0 Å². The molecule has 2 heterocycles. The zero-order valence-electron chi connectivity index (χ0n) is 10.8. The number of aromatic nitrogens is 2. The van der Waals surface area contributed by atoms with Crippen molar-refractivity contribution in [3.8, 4) is 0 Å². The molecule has 0 unspecified atom stereocenters. The lowest BCUT2D eigenvalue weighted by Crippen LogP contribution is -2.33. The zero-order valence-corrected chi connectivity index (χ0v) is 10.8. The summed E-state index contributed by atoms with van der Waals surface area (Å²) in [6.45, 7) is 3.54. The average molecular weight is 265 g/mol. The third kappa shape index (κ3) is 3.11. The van der Waals surface area contributed by atoms with Crippen LogP contribution in [0.5, 0.6) is 0 Å². The van der Waals surface area contributed by atoms with Gasteiger partial charge in [0.1, 0.15) is 5.69 Å². The number of piperidine rings is 1. The van der Waals surface area contributed by atoms with Crippen LogP contribution < -0.4 is 11.5 Å². The lowest BCUT2D eigenvalue weighted by molar-refractivity contribution is 0.0958. The number of carbonyl (C=O) groups excluding carboxylic acids is 2. The molecule has 0 spiro atoms. The number of amides is 2. The molecule has 0 radical (unpaired) electrons. The highest BCUT2D eigenvalue weighted by molar-refractivity contribution is 6.03. The van der Waals surface area contributed by atoms with E-state index in [1.54, 1.807) is 4.57 Å². The Morgan fingerprint density at radius 1 is 1.11 bits per heavy atom. The molecule has 2 rings (SSSR count). The van der Waals surface area contributed by atoms with E-state index in [9.17, 15) is 9.59 Å². The number of likely N-dealkylation sites (tertiary alicyclic amines) is 1. The van der Waals surface area contributed by atoms with Crippen molar-refractivity contribution >= 4 is 11.8 Å². The summed E-state index contributed by atoms with van der Waals surface area (Å²) in [5.41, 5.74) is 10.5. The van der Waals surface area contributed by atoms with Crippen molar-refractivity contribution in [3.63, 3.8) is 0 Å². The average Bonchev–Trinajstić information content (AvgIpc) is 2.81. The highest BCUT2D eigenvalue weighted by Crippen LogP contribution is 2.10. The first-order valence-electron chi connectivity index (χ1n) is 6.46. The number of rotatable bonds is 5. The normalized spacial score (nSPS) is 16.4. The highest BCUT2D eigenvalue weighted by Gasteiger charge is 2.20. The summed E-state index contributed by atoms with van der Waals surface area (Å²) in [5.74, 6) is -1.41. The van der Waals surface area contributed by atoms with E-state index in [0.29, 0.717) is 6.54 Å². The van der Waals surface area contributed by atoms with Crippen LogP contribution in [0.15, 0.2) is 6.33 Å². The maximum Gasteiger partial charge on any atom is 0.269 e. The fourth-order valence-corrected chi connectivity index (χ4v) is 2.42. The Labute approximate surface area is 111 Å². The highest BCUT2D eigenvalue weighted by atomic mass is 16.2. The Morgan fingerprint density at radius 2 is 1.79 bits per heavy atom. The van der Waals surface area contributed by atoms with Gasteiger partial charge in [0.15, 0.2) is 5.69 Å². The fourth-order valence-electron chi connectivity index (χ4n) is 2.42. The van der Waals surface area contributed by atoms with Crippen molar-refractivity contribution in [2.75, 3.05) is 19.6 Å². The first kappa shape index (κ1) is 13.5. The Morgan fingerprint density at radius 3 is 2.37 bits per heavy atom. The van der Waals surface area contributed by atoms with Crippen molar-refractivity contribution in [2.24, 2.45) is 11.5 Å². The van der Waals surface area contributed by atoms with E-state index >= 15 is 0 Å². The SMILES string of the molecule is NC(=O)c1ncn(CCN2CCCCC2)c1C(N)=O. The lowest BCUT2D eigenvalue weighted by Gasteiger charge is -2.26. The molecular formula is C12H19N5O2. The molecule has 1 aromatic heterocycles. The topological polar surface area (TPSA) is 107 Å². The van der Waals surface area contributed by atoms with Crippen LogP contribution in [0.4, 0.5) is 0 Å². The molecule has 1 aliphatic rings. The summed E-state index contributed by atoms with van der Waals surface area (Å²) in [5, 5.41) is 0. The van der Waals surface area contributed by atoms with Crippen molar-refractivity contribution in [1.82, 2.24) is 14.5 Å². The molecule has 0 saturated carbocycles. The number of nitrogens with zero attached hydrogens (tertiary/aromatic N) is 3. The second-order valence-electron chi connectivity index (χ2n) is 4.77. The van der Waals surface area contributed by atoms with Crippen molar-refractivity contribution < 1.29 is 9.59 Å². The van der Waals surface area contributed by atoms with Gasteiger partial charge in [-0.15, -0.1) is 0 Å². The molecule has 7 nitrogen and oxygen atoms in total. The standard InChI is InChI=1S/C12H19N5O2/c13-11(18)9-10(12(14)19)17(8-15-9)7-6-16-4-2-1-3-5-16/h8H,1-7H2,(H2,13,18)(H2,14,19). The molecule has 2 amide bonds. The van der Waals surface area contributed by atoms with E-state index in [-0.39, 0.29) is 11.4 Å². The summed E-state index contributed by atoms with van der Waals surface area (Å²) in [4.78, 5) is 28.8. The zero-order chi connectivity index (χ0) is 13.8. The summed E-state index contributed by atoms with van der Waals surface area (Å²) in [7, 11) is 0. The van der Waals surface area contributed by atoms with Gasteiger partial charge in [-0.25, -0.2) is 4.98 Å². The third-order valence-electron chi connectivity index (χ3n) is 3.41. The Balaban J connectivity index is 2.07. The van der Waals surface area contributed by atoms with Gasteiger partial charge in [-0.3, -0.25) is 9.59 Å². The molecule has 0 aliphatic carbocycles. The van der Waals surface area contributed by atoms with Gasteiger partial charge in [0.25, 0.3) is 11.8 Å². The largest absolute Gasteiger partial charge is 0.364 e. The van der Waals surface area contributed by atoms with E-state index < -0.39 is 11.8 Å². The smallest absolute Gasteiger partial charge is 0.269 e. The van der Waals surface area contributed by atoms with Crippen LogP contribution >= 0.6 is 0 Å². The Bertz CT molecular complexity index is 476. The maximum atomic E-state index is 11.4. The number of primary amides is 2. The van der Waals surface area contributed by atoms with E-state index in [2.05, 4.69) is 9.88 Å². The molecule has 0 atom stereocenters. The molecule has 7 heteroatoms. The predicted octanol–water partition coefficient (Wildman–Crippen LogP) is -0.433. The van der Waals surface area contributed by atoms with Crippen molar-refractivity contribution in [2.45, 2.75) is 25.8 Å². The van der Waals surface area contributed by atoms with Crippen LogP contribution in [0.3, 0.4) is 0 Å². The molecular weight excluding hydrogens is 246 g/mol. The molecule has 104 valence electrons. The molecule has 0 aromatic carbocycles. The minimum Gasteiger partial charge on any atom is -0.364 e. The summed E-state index contributed by atoms with van der Waals surface area (Å²) in [6.07, 6.45) is 5.14. The second-order valence-corrected chi connectivity index (χ2v) is 4.77. The van der Waals surface area contributed by atoms with E-state index in [0.717, 1.165) is 19.6 Å². The van der Waals surface area contributed by atoms with Gasteiger partial charge >= 0.3 is 0 Å². The van der Waals surface area contributed by atoms with Gasteiger partial charge in [0, 0.05) is 13.1 Å². The van der Waals surface area contributed by atoms with E-state index in [1.165, 1.54) is 25.6 Å². The number of nitrogens with two attached hydrogens (primary N) is 2. The molecule has 4 N–H and O–H groups in total. The summed E-state index contributed by atoms with van der Waals surface area (Å²) >= 11 is 0. The van der Waals surface area contributed by atoms with Crippen LogP contribution in [0.1, 0.15) is 40.2 Å².